The van der Waals surface area contributed by atoms with Crippen molar-refractivity contribution in [3.8, 4) is 0 Å². The Morgan fingerprint density at radius 1 is 1.26 bits per heavy atom. The molecule has 0 aromatic heterocycles. The van der Waals surface area contributed by atoms with Crippen LogP contribution in [0, 0.1) is 16.7 Å². The summed E-state index contributed by atoms with van der Waals surface area (Å²) in [5.74, 6) is 1.87. The number of ether oxygens (including phenoxy) is 1. The number of hydrogen-bond donors (Lipinski definition) is 1. The van der Waals surface area contributed by atoms with Gasteiger partial charge in [0.2, 0.25) is 0 Å². The molecule has 0 bridgehead atoms. The number of rotatable bonds is 1. The second-order valence-corrected chi connectivity index (χ2v) is 8.62. The molecule has 1 saturated carbocycles. The summed E-state index contributed by atoms with van der Waals surface area (Å²) in [6.07, 6.45) is 5.31. The van der Waals surface area contributed by atoms with Gasteiger partial charge in [0, 0.05) is 23.3 Å². The average molecular weight is 313 g/mol. The van der Waals surface area contributed by atoms with E-state index < -0.39 is 0 Å². The quantitative estimate of drug-likeness (QED) is 0.809. The van der Waals surface area contributed by atoms with Crippen molar-refractivity contribution < 1.29 is 9.53 Å². The topological polar surface area (TPSA) is 63.0 Å². The predicted octanol–water partition coefficient (Wildman–Crippen LogP) is 3.10. The maximum Gasteiger partial charge on any atom is 0.162 e. The van der Waals surface area contributed by atoms with Gasteiger partial charge in [0.25, 0.3) is 0 Å². The number of ketones is 1. The molecule has 1 N–H and O–H groups in total. The zero-order valence-electron chi connectivity index (χ0n) is 13.8. The largest absolute Gasteiger partial charge is 0.377 e. The number of azo groups is 1. The Hall–Kier alpha value is -1.49. The van der Waals surface area contributed by atoms with Gasteiger partial charge in [0.05, 0.1) is 24.7 Å². The van der Waals surface area contributed by atoms with E-state index in [2.05, 4.69) is 29.4 Å². The molecule has 23 heavy (non-hydrogen) atoms. The van der Waals surface area contributed by atoms with E-state index in [1.165, 1.54) is 18.4 Å². The summed E-state index contributed by atoms with van der Waals surface area (Å²) in [6, 6.07) is 0. The maximum atomic E-state index is 13.0. The van der Waals surface area contributed by atoms with Crippen molar-refractivity contribution in [2.24, 2.45) is 27.0 Å². The van der Waals surface area contributed by atoms with Gasteiger partial charge in [-0.25, -0.2) is 0 Å². The lowest BCUT2D eigenvalue weighted by atomic mass is 9.62. The molecule has 2 fully saturated rings. The summed E-state index contributed by atoms with van der Waals surface area (Å²) in [7, 11) is 0. The molecule has 2 aliphatic carbocycles. The van der Waals surface area contributed by atoms with Gasteiger partial charge in [0.1, 0.15) is 0 Å². The van der Waals surface area contributed by atoms with Crippen LogP contribution >= 0.6 is 0 Å². The van der Waals surface area contributed by atoms with Crippen molar-refractivity contribution in [3.63, 3.8) is 0 Å². The number of nitrogens with one attached hydrogen (secondary N) is 1. The molecule has 5 heteroatoms. The van der Waals surface area contributed by atoms with Crippen molar-refractivity contribution in [3.05, 3.63) is 22.7 Å². The van der Waals surface area contributed by atoms with Gasteiger partial charge in [-0.2, -0.15) is 5.11 Å². The molecule has 1 spiro atoms. The summed E-state index contributed by atoms with van der Waals surface area (Å²) in [6.45, 7) is 5.57. The highest BCUT2D eigenvalue weighted by Crippen LogP contribution is 2.57. The Kier molecular flexibility index (Phi) is 2.61. The molecular formula is C18H23N3O2. The van der Waals surface area contributed by atoms with Crippen LogP contribution in [0.5, 0.6) is 0 Å². The minimum absolute atomic E-state index is 0.00721. The number of dihydropyridines is 1. The normalized spacial score (nSPS) is 38.2. The van der Waals surface area contributed by atoms with Gasteiger partial charge in [-0.1, -0.05) is 13.8 Å². The smallest absolute Gasteiger partial charge is 0.162 e. The first-order valence-electron chi connectivity index (χ1n) is 8.75. The van der Waals surface area contributed by atoms with Crippen molar-refractivity contribution >= 4 is 5.78 Å². The lowest BCUT2D eigenvalue weighted by molar-refractivity contribution is -0.119. The van der Waals surface area contributed by atoms with Crippen LogP contribution in [0.2, 0.25) is 0 Å². The number of carbonyl (C=O) groups excluding carboxylic acids is 1. The van der Waals surface area contributed by atoms with Crippen LogP contribution in [0.1, 0.15) is 46.0 Å². The molecule has 1 saturated heterocycles. The van der Waals surface area contributed by atoms with Gasteiger partial charge in [-0.15, -0.1) is 5.11 Å². The fourth-order valence-electron chi connectivity index (χ4n) is 4.93. The van der Waals surface area contributed by atoms with E-state index in [9.17, 15) is 4.79 Å². The summed E-state index contributed by atoms with van der Waals surface area (Å²) < 4.78 is 6.20. The van der Waals surface area contributed by atoms with E-state index in [-0.39, 0.29) is 10.8 Å². The van der Waals surface area contributed by atoms with E-state index >= 15 is 0 Å². The minimum Gasteiger partial charge on any atom is -0.377 e. The van der Waals surface area contributed by atoms with Crippen LogP contribution in [0.3, 0.4) is 0 Å². The van der Waals surface area contributed by atoms with Gasteiger partial charge in [-0.05, 0) is 37.0 Å². The third-order valence-corrected chi connectivity index (χ3v) is 6.13. The maximum absolute atomic E-state index is 13.0. The number of nitrogens with zero attached hydrogens (tertiary/aromatic N) is 2. The third kappa shape index (κ3) is 1.92. The summed E-state index contributed by atoms with van der Waals surface area (Å²) in [5, 5.41) is 12.0. The Morgan fingerprint density at radius 2 is 2.09 bits per heavy atom. The molecule has 3 heterocycles. The fraction of sp³-hybridized carbons (Fsp3) is 0.722. The highest BCUT2D eigenvalue weighted by atomic mass is 16.5. The average Bonchev–Trinajstić information content (AvgIpc) is 3.04. The molecule has 0 radical (unpaired) electrons. The predicted molar refractivity (Wildman–Crippen MR) is 84.4 cm³/mol. The first-order chi connectivity index (χ1) is 11.0. The monoisotopic (exact) mass is 313 g/mol. The second-order valence-electron chi connectivity index (χ2n) is 8.62. The van der Waals surface area contributed by atoms with Crippen LogP contribution in [-0.2, 0) is 9.53 Å². The molecule has 0 unspecified atom stereocenters. The number of Topliss-reactive ketones (excluding diaryl/α,β-unsaturated/α-hetero) is 1. The van der Waals surface area contributed by atoms with E-state index in [0.717, 1.165) is 29.9 Å². The van der Waals surface area contributed by atoms with Gasteiger partial charge in [-0.3, -0.25) is 4.79 Å². The van der Waals surface area contributed by atoms with Crippen molar-refractivity contribution in [2.75, 3.05) is 13.2 Å². The summed E-state index contributed by atoms with van der Waals surface area (Å²) >= 11 is 0. The Bertz CT molecular complexity index is 699. The molecule has 5 aliphatic rings. The fourth-order valence-corrected chi connectivity index (χ4v) is 4.93. The zero-order valence-corrected chi connectivity index (χ0v) is 13.8. The Morgan fingerprint density at radius 3 is 2.87 bits per heavy atom. The van der Waals surface area contributed by atoms with Crippen molar-refractivity contribution in [2.45, 2.75) is 52.1 Å². The van der Waals surface area contributed by atoms with Crippen LogP contribution in [0.25, 0.3) is 0 Å². The standard InChI is InChI=1S/C18H23N3O2/c1-17(2)5-12-15(13(22)6-17)18(11-8-19-21-16(11)20-12)7-14(23-9-18)10-3-4-10/h10,14,20H,3-9H2,1-2H3/t14-,18+/m1/s1. The summed E-state index contributed by atoms with van der Waals surface area (Å²) in [5.41, 5.74) is 3.00. The van der Waals surface area contributed by atoms with Crippen LogP contribution in [0.4, 0.5) is 0 Å². The molecule has 3 aliphatic heterocycles. The van der Waals surface area contributed by atoms with Gasteiger partial charge in [0.15, 0.2) is 11.6 Å². The first kappa shape index (κ1) is 13.9. The van der Waals surface area contributed by atoms with Crippen LogP contribution in [0.15, 0.2) is 32.9 Å². The highest BCUT2D eigenvalue weighted by molar-refractivity contribution is 6.00. The molecule has 122 valence electrons. The van der Waals surface area contributed by atoms with E-state index in [1.54, 1.807) is 0 Å². The SMILES string of the molecule is CC1(C)CC(=O)C2=C(C1)NC1=C(CN=N1)[C@]21CO[C@@H](C2CC2)C1. The Balaban J connectivity index is 1.62. The molecular weight excluding hydrogens is 290 g/mol. The van der Waals surface area contributed by atoms with E-state index in [0.29, 0.717) is 37.4 Å². The van der Waals surface area contributed by atoms with E-state index in [1.807, 2.05) is 0 Å². The number of carbonyl (C=O) groups is 1. The summed E-state index contributed by atoms with van der Waals surface area (Å²) in [4.78, 5) is 13.0. The third-order valence-electron chi connectivity index (χ3n) is 6.13. The second kappa shape index (κ2) is 4.32. The molecule has 0 amide bonds. The number of allylic oxidation sites excluding steroid dienone is 1. The first-order valence-corrected chi connectivity index (χ1v) is 8.75. The zero-order chi connectivity index (χ0) is 15.8. The van der Waals surface area contributed by atoms with Crippen LogP contribution < -0.4 is 5.32 Å². The van der Waals surface area contributed by atoms with Crippen molar-refractivity contribution in [1.82, 2.24) is 5.32 Å². The molecule has 5 rings (SSSR count). The van der Waals surface area contributed by atoms with E-state index in [4.69, 9.17) is 4.74 Å². The molecule has 2 atom stereocenters. The lowest BCUT2D eigenvalue weighted by Crippen LogP contribution is -2.44. The van der Waals surface area contributed by atoms with Gasteiger partial charge >= 0.3 is 0 Å². The van der Waals surface area contributed by atoms with Gasteiger partial charge < -0.3 is 10.1 Å². The van der Waals surface area contributed by atoms with Crippen molar-refractivity contribution in [1.29, 1.82) is 0 Å². The highest BCUT2D eigenvalue weighted by Gasteiger charge is 2.56. The molecule has 0 aromatic rings. The number of fused-ring (bicyclic) bond motifs is 2. The Labute approximate surface area is 136 Å². The van der Waals surface area contributed by atoms with Crippen LogP contribution in [-0.4, -0.2) is 25.0 Å². The lowest BCUT2D eigenvalue weighted by Gasteiger charge is -2.43. The molecule has 5 nitrogen and oxygen atoms in total. The molecule has 0 aromatic carbocycles. The minimum atomic E-state index is -0.264. The number of hydrogen-bond acceptors (Lipinski definition) is 5.